The van der Waals surface area contributed by atoms with E-state index in [1.54, 1.807) is 0 Å². The summed E-state index contributed by atoms with van der Waals surface area (Å²) in [5.74, 6) is 1.54. The van der Waals surface area contributed by atoms with Crippen molar-refractivity contribution in [2.45, 2.75) is 19.4 Å². The fourth-order valence-electron chi connectivity index (χ4n) is 2.25. The Hall–Kier alpha value is -1.20. The van der Waals surface area contributed by atoms with Crippen LogP contribution in [0.5, 0.6) is 0 Å². The molecule has 100 valence electrons. The van der Waals surface area contributed by atoms with Crippen LogP contribution in [-0.4, -0.2) is 43.8 Å². The van der Waals surface area contributed by atoms with Gasteiger partial charge in [0.05, 0.1) is 24.7 Å². The van der Waals surface area contributed by atoms with Crippen molar-refractivity contribution in [3.8, 4) is 0 Å². The Labute approximate surface area is 109 Å². The molecule has 0 saturated carbocycles. The quantitative estimate of drug-likeness (QED) is 0.847. The molecule has 0 radical (unpaired) electrons. The lowest BCUT2D eigenvalue weighted by atomic mass is 10.0. The van der Waals surface area contributed by atoms with Crippen molar-refractivity contribution < 1.29 is 4.74 Å². The molecule has 2 rings (SSSR count). The van der Waals surface area contributed by atoms with Gasteiger partial charge in [-0.1, -0.05) is 0 Å². The molecule has 0 aromatic carbocycles. The van der Waals surface area contributed by atoms with Gasteiger partial charge in [0.2, 0.25) is 0 Å². The molecule has 0 spiro atoms. The normalized spacial score (nSPS) is 19.8. The summed E-state index contributed by atoms with van der Waals surface area (Å²) in [6.45, 7) is 3.53. The highest BCUT2D eigenvalue weighted by atomic mass is 16.5. The van der Waals surface area contributed by atoms with E-state index in [1.807, 2.05) is 19.4 Å². The zero-order valence-electron chi connectivity index (χ0n) is 11.2. The number of aromatic nitrogens is 2. The predicted molar refractivity (Wildman–Crippen MR) is 71.6 cm³/mol. The van der Waals surface area contributed by atoms with Crippen LogP contribution in [0.1, 0.15) is 18.5 Å². The highest BCUT2D eigenvalue weighted by molar-refractivity contribution is 5.34. The number of anilines is 1. The van der Waals surface area contributed by atoms with Crippen molar-refractivity contribution >= 4 is 5.82 Å². The summed E-state index contributed by atoms with van der Waals surface area (Å²) < 4.78 is 5.50. The van der Waals surface area contributed by atoms with E-state index in [4.69, 9.17) is 4.74 Å². The van der Waals surface area contributed by atoms with Gasteiger partial charge >= 0.3 is 0 Å². The van der Waals surface area contributed by atoms with Gasteiger partial charge in [0, 0.05) is 26.7 Å². The Morgan fingerprint density at radius 2 is 2.33 bits per heavy atom. The summed E-state index contributed by atoms with van der Waals surface area (Å²) in [5.41, 5.74) is 0.968. The van der Waals surface area contributed by atoms with Gasteiger partial charge < -0.3 is 15.0 Å². The molecule has 1 aromatic heterocycles. The summed E-state index contributed by atoms with van der Waals surface area (Å²) in [7, 11) is 3.97. The van der Waals surface area contributed by atoms with Crippen LogP contribution in [0.25, 0.3) is 0 Å². The molecule has 1 aromatic rings. The molecule has 1 atom stereocenters. The first-order valence-corrected chi connectivity index (χ1v) is 6.54. The Balaban J connectivity index is 1.89. The minimum Gasteiger partial charge on any atom is -0.381 e. The standard InChI is InChI=1S/C13H22N4O/c1-14-6-12-7-16-13(8-15-12)17(2)9-11-4-3-5-18-10-11/h7-8,11,14H,3-6,9-10H2,1-2H3. The Morgan fingerprint density at radius 1 is 1.44 bits per heavy atom. The molecule has 5 heteroatoms. The molecule has 1 aliphatic heterocycles. The molecule has 1 aliphatic rings. The molecule has 0 amide bonds. The first-order chi connectivity index (χ1) is 8.79. The first kappa shape index (κ1) is 13.2. The monoisotopic (exact) mass is 250 g/mol. The lowest BCUT2D eigenvalue weighted by Gasteiger charge is -2.27. The van der Waals surface area contributed by atoms with Gasteiger partial charge in [-0.05, 0) is 25.8 Å². The van der Waals surface area contributed by atoms with Gasteiger partial charge in [-0.3, -0.25) is 4.98 Å². The van der Waals surface area contributed by atoms with Gasteiger partial charge in [0.15, 0.2) is 0 Å². The largest absolute Gasteiger partial charge is 0.381 e. The molecule has 5 nitrogen and oxygen atoms in total. The van der Waals surface area contributed by atoms with E-state index in [0.717, 1.165) is 37.8 Å². The molecule has 0 aliphatic carbocycles. The van der Waals surface area contributed by atoms with Gasteiger partial charge in [-0.25, -0.2) is 4.98 Å². The third-order valence-corrected chi connectivity index (χ3v) is 3.23. The molecular formula is C13H22N4O. The van der Waals surface area contributed by atoms with Crippen molar-refractivity contribution in [1.82, 2.24) is 15.3 Å². The van der Waals surface area contributed by atoms with Crippen molar-refractivity contribution in [1.29, 1.82) is 0 Å². The lowest BCUT2D eigenvalue weighted by molar-refractivity contribution is 0.0576. The van der Waals surface area contributed by atoms with Crippen LogP contribution in [-0.2, 0) is 11.3 Å². The second-order valence-corrected chi connectivity index (χ2v) is 4.86. The highest BCUT2D eigenvalue weighted by Gasteiger charge is 2.16. The molecule has 2 heterocycles. The number of ether oxygens (including phenoxy) is 1. The minimum atomic E-state index is 0.613. The van der Waals surface area contributed by atoms with Crippen molar-refractivity contribution in [2.75, 3.05) is 38.8 Å². The number of nitrogens with zero attached hydrogens (tertiary/aromatic N) is 3. The van der Waals surface area contributed by atoms with E-state index in [-0.39, 0.29) is 0 Å². The Morgan fingerprint density at radius 3 is 2.94 bits per heavy atom. The van der Waals surface area contributed by atoms with E-state index >= 15 is 0 Å². The van der Waals surface area contributed by atoms with E-state index in [2.05, 4.69) is 27.2 Å². The van der Waals surface area contributed by atoms with Gasteiger partial charge in [0.1, 0.15) is 5.82 Å². The minimum absolute atomic E-state index is 0.613. The average Bonchev–Trinajstić information content (AvgIpc) is 2.41. The lowest BCUT2D eigenvalue weighted by Crippen LogP contribution is -2.31. The molecule has 1 N–H and O–H groups in total. The summed E-state index contributed by atoms with van der Waals surface area (Å²) in [6.07, 6.45) is 6.09. The van der Waals surface area contributed by atoms with Crippen LogP contribution in [0.4, 0.5) is 5.82 Å². The zero-order valence-corrected chi connectivity index (χ0v) is 11.2. The van der Waals surface area contributed by atoms with Crippen LogP contribution >= 0.6 is 0 Å². The molecule has 1 unspecified atom stereocenters. The summed E-state index contributed by atoms with van der Waals surface area (Å²) >= 11 is 0. The molecule has 18 heavy (non-hydrogen) atoms. The predicted octanol–water partition coefficient (Wildman–Crippen LogP) is 1.06. The van der Waals surface area contributed by atoms with Crippen LogP contribution in [0.15, 0.2) is 12.4 Å². The van der Waals surface area contributed by atoms with E-state index < -0.39 is 0 Å². The zero-order chi connectivity index (χ0) is 12.8. The van der Waals surface area contributed by atoms with Crippen LogP contribution in [0.2, 0.25) is 0 Å². The fourth-order valence-corrected chi connectivity index (χ4v) is 2.25. The Bertz CT molecular complexity index is 349. The number of hydrogen-bond acceptors (Lipinski definition) is 5. The van der Waals surface area contributed by atoms with Crippen molar-refractivity contribution in [2.24, 2.45) is 5.92 Å². The average molecular weight is 250 g/mol. The second kappa shape index (κ2) is 6.66. The maximum absolute atomic E-state index is 5.50. The van der Waals surface area contributed by atoms with E-state index in [9.17, 15) is 0 Å². The first-order valence-electron chi connectivity index (χ1n) is 6.54. The number of nitrogens with one attached hydrogen (secondary N) is 1. The Kier molecular flexibility index (Phi) is 4.90. The van der Waals surface area contributed by atoms with Gasteiger partial charge in [-0.15, -0.1) is 0 Å². The van der Waals surface area contributed by atoms with Crippen LogP contribution < -0.4 is 10.2 Å². The third-order valence-electron chi connectivity index (χ3n) is 3.23. The molecular weight excluding hydrogens is 228 g/mol. The van der Waals surface area contributed by atoms with Crippen molar-refractivity contribution in [3.05, 3.63) is 18.1 Å². The van der Waals surface area contributed by atoms with Crippen LogP contribution in [0, 0.1) is 5.92 Å². The van der Waals surface area contributed by atoms with E-state index in [0.29, 0.717) is 5.92 Å². The fraction of sp³-hybridized carbons (Fsp3) is 0.692. The number of hydrogen-bond donors (Lipinski definition) is 1. The topological polar surface area (TPSA) is 50.3 Å². The SMILES string of the molecule is CNCc1cnc(N(C)CC2CCCOC2)cn1. The second-order valence-electron chi connectivity index (χ2n) is 4.86. The summed E-state index contributed by atoms with van der Waals surface area (Å²) in [6, 6.07) is 0. The summed E-state index contributed by atoms with van der Waals surface area (Å²) in [4.78, 5) is 11.0. The van der Waals surface area contributed by atoms with Crippen LogP contribution in [0.3, 0.4) is 0 Å². The molecule has 1 fully saturated rings. The number of rotatable bonds is 5. The third kappa shape index (κ3) is 3.65. The smallest absolute Gasteiger partial charge is 0.146 e. The molecule has 0 bridgehead atoms. The summed E-state index contributed by atoms with van der Waals surface area (Å²) in [5, 5.41) is 3.07. The van der Waals surface area contributed by atoms with Gasteiger partial charge in [0.25, 0.3) is 0 Å². The van der Waals surface area contributed by atoms with Crippen molar-refractivity contribution in [3.63, 3.8) is 0 Å². The highest BCUT2D eigenvalue weighted by Crippen LogP contribution is 2.17. The van der Waals surface area contributed by atoms with Gasteiger partial charge in [-0.2, -0.15) is 0 Å². The maximum atomic E-state index is 5.50. The molecule has 1 saturated heterocycles. The van der Waals surface area contributed by atoms with E-state index in [1.165, 1.54) is 12.8 Å². The maximum Gasteiger partial charge on any atom is 0.146 e.